The molecule has 0 spiro atoms. The second kappa shape index (κ2) is 6.56. The minimum Gasteiger partial charge on any atom is -0.370 e. The Balaban J connectivity index is 3.22. The van der Waals surface area contributed by atoms with Crippen molar-refractivity contribution in [1.82, 2.24) is 0 Å². The van der Waals surface area contributed by atoms with Gasteiger partial charge in [0.2, 0.25) is 10.0 Å². The average Bonchev–Trinajstić information content (AvgIpc) is 2.37. The molecule has 1 aromatic rings. The first-order valence-electron chi connectivity index (χ1n) is 6.78. The van der Waals surface area contributed by atoms with Crippen LogP contribution in [0.4, 0.5) is 5.69 Å². The summed E-state index contributed by atoms with van der Waals surface area (Å²) in [6.45, 7) is 8.16. The van der Waals surface area contributed by atoms with Crippen molar-refractivity contribution in [2.75, 3.05) is 24.5 Å². The molecule has 20 heavy (non-hydrogen) atoms. The van der Waals surface area contributed by atoms with Gasteiger partial charge in [-0.3, -0.25) is 0 Å². The fraction of sp³-hybridized carbons (Fsp3) is 0.571. The molecule has 0 radical (unpaired) electrons. The van der Waals surface area contributed by atoms with E-state index in [1.807, 2.05) is 11.0 Å². The van der Waals surface area contributed by atoms with Crippen LogP contribution in [0.2, 0.25) is 0 Å². The molecule has 5 nitrogen and oxygen atoms in total. The van der Waals surface area contributed by atoms with Crippen LogP contribution in [0.15, 0.2) is 29.2 Å². The molecule has 0 saturated carbocycles. The van der Waals surface area contributed by atoms with Crippen LogP contribution in [0.1, 0.15) is 27.2 Å². The van der Waals surface area contributed by atoms with E-state index in [1.54, 1.807) is 18.2 Å². The molecule has 0 fully saturated rings. The summed E-state index contributed by atoms with van der Waals surface area (Å²) in [5.41, 5.74) is 6.34. The van der Waals surface area contributed by atoms with Gasteiger partial charge in [0.05, 0.1) is 5.69 Å². The van der Waals surface area contributed by atoms with Crippen molar-refractivity contribution >= 4 is 15.7 Å². The number of nitrogens with two attached hydrogens (primary N) is 2. The molecule has 0 saturated heterocycles. The predicted molar refractivity (Wildman–Crippen MR) is 83.2 cm³/mol. The van der Waals surface area contributed by atoms with Crippen LogP contribution in [0.3, 0.4) is 0 Å². The van der Waals surface area contributed by atoms with E-state index >= 15 is 0 Å². The molecule has 0 aliphatic heterocycles. The minimum absolute atomic E-state index is 0.0966. The summed E-state index contributed by atoms with van der Waals surface area (Å²) in [5.74, 6) is 0. The van der Waals surface area contributed by atoms with Crippen LogP contribution in [0.25, 0.3) is 0 Å². The summed E-state index contributed by atoms with van der Waals surface area (Å²) in [6, 6.07) is 6.84. The van der Waals surface area contributed by atoms with Crippen LogP contribution in [-0.2, 0) is 10.0 Å². The average molecular weight is 299 g/mol. The molecule has 0 bridgehead atoms. The summed E-state index contributed by atoms with van der Waals surface area (Å²) < 4.78 is 23.4. The van der Waals surface area contributed by atoms with Crippen molar-refractivity contribution < 1.29 is 8.42 Å². The van der Waals surface area contributed by atoms with E-state index in [-0.39, 0.29) is 10.3 Å². The first-order valence-corrected chi connectivity index (χ1v) is 8.33. The highest BCUT2D eigenvalue weighted by molar-refractivity contribution is 7.89. The fourth-order valence-corrected chi connectivity index (χ4v) is 2.85. The highest BCUT2D eigenvalue weighted by Gasteiger charge is 2.24. The Bertz CT molecular complexity index is 541. The van der Waals surface area contributed by atoms with Crippen LogP contribution in [-0.4, -0.2) is 28.1 Å². The van der Waals surface area contributed by atoms with Gasteiger partial charge in [-0.25, -0.2) is 13.6 Å². The lowest BCUT2D eigenvalue weighted by Gasteiger charge is -2.34. The van der Waals surface area contributed by atoms with Crippen molar-refractivity contribution in [2.24, 2.45) is 16.3 Å². The maximum atomic E-state index is 11.7. The van der Waals surface area contributed by atoms with E-state index in [0.717, 1.165) is 13.0 Å². The molecule has 0 aromatic heterocycles. The fourth-order valence-electron chi connectivity index (χ4n) is 2.09. The normalized spacial score (nSPS) is 12.4. The Hall–Kier alpha value is -1.11. The third kappa shape index (κ3) is 4.47. The van der Waals surface area contributed by atoms with Crippen LogP contribution < -0.4 is 15.8 Å². The van der Waals surface area contributed by atoms with Crippen molar-refractivity contribution in [3.05, 3.63) is 24.3 Å². The van der Waals surface area contributed by atoms with Crippen molar-refractivity contribution in [2.45, 2.75) is 32.1 Å². The second-order valence-electron chi connectivity index (χ2n) is 5.80. The predicted octanol–water partition coefficient (Wildman–Crippen LogP) is 1.54. The molecule has 1 aromatic carbocycles. The number of para-hydroxylation sites is 1. The van der Waals surface area contributed by atoms with Gasteiger partial charge < -0.3 is 10.6 Å². The molecule has 114 valence electrons. The van der Waals surface area contributed by atoms with Gasteiger partial charge in [0.25, 0.3) is 0 Å². The molecule has 4 N–H and O–H groups in total. The van der Waals surface area contributed by atoms with Gasteiger partial charge in [-0.1, -0.05) is 32.9 Å². The number of rotatable bonds is 7. The van der Waals surface area contributed by atoms with Crippen LogP contribution in [0, 0.1) is 5.41 Å². The maximum absolute atomic E-state index is 11.7. The lowest BCUT2D eigenvalue weighted by atomic mass is 9.92. The minimum atomic E-state index is -3.73. The van der Waals surface area contributed by atoms with Gasteiger partial charge in [-0.05, 0) is 30.5 Å². The number of nitrogens with zero attached hydrogens (tertiary/aromatic N) is 1. The second-order valence-corrected chi connectivity index (χ2v) is 7.33. The van der Waals surface area contributed by atoms with E-state index in [1.165, 1.54) is 0 Å². The van der Waals surface area contributed by atoms with E-state index < -0.39 is 10.0 Å². The molecule has 0 unspecified atom stereocenters. The Morgan fingerprint density at radius 1 is 1.25 bits per heavy atom. The third-order valence-corrected chi connectivity index (χ3v) is 4.14. The van der Waals surface area contributed by atoms with Gasteiger partial charge in [-0.2, -0.15) is 0 Å². The number of primary sulfonamides is 1. The molecule has 0 amide bonds. The van der Waals surface area contributed by atoms with E-state index in [4.69, 9.17) is 10.9 Å². The van der Waals surface area contributed by atoms with Crippen LogP contribution in [0.5, 0.6) is 0 Å². The number of anilines is 1. The molecule has 0 aliphatic carbocycles. The SMILES string of the molecule is CCCN(CC(C)(C)CN)c1ccccc1S(N)(=O)=O. The summed E-state index contributed by atoms with van der Waals surface area (Å²) >= 11 is 0. The largest absolute Gasteiger partial charge is 0.370 e. The third-order valence-electron chi connectivity index (χ3n) is 3.18. The Morgan fingerprint density at radius 2 is 1.85 bits per heavy atom. The van der Waals surface area contributed by atoms with Gasteiger partial charge in [0.1, 0.15) is 4.90 Å². The zero-order valence-corrected chi connectivity index (χ0v) is 13.3. The molecule has 0 aliphatic rings. The molecule has 6 heteroatoms. The number of hydrogen-bond donors (Lipinski definition) is 2. The summed E-state index contributed by atoms with van der Waals surface area (Å²) in [7, 11) is -3.73. The zero-order chi connectivity index (χ0) is 15.4. The molecule has 1 rings (SSSR count). The molecule has 0 atom stereocenters. The summed E-state index contributed by atoms with van der Waals surface area (Å²) in [4.78, 5) is 2.22. The van der Waals surface area contributed by atoms with Crippen LogP contribution >= 0.6 is 0 Å². The summed E-state index contributed by atoms with van der Waals surface area (Å²) in [5, 5.41) is 5.31. The van der Waals surface area contributed by atoms with E-state index in [9.17, 15) is 8.42 Å². The smallest absolute Gasteiger partial charge is 0.240 e. The Labute approximate surface area is 122 Å². The quantitative estimate of drug-likeness (QED) is 0.799. The van der Waals surface area contributed by atoms with E-state index in [2.05, 4.69) is 20.8 Å². The topological polar surface area (TPSA) is 89.4 Å². The van der Waals surface area contributed by atoms with Crippen molar-refractivity contribution in [3.63, 3.8) is 0 Å². The highest BCUT2D eigenvalue weighted by Crippen LogP contribution is 2.27. The lowest BCUT2D eigenvalue weighted by Crippen LogP contribution is -2.40. The van der Waals surface area contributed by atoms with Gasteiger partial charge in [0, 0.05) is 13.1 Å². The monoisotopic (exact) mass is 299 g/mol. The lowest BCUT2D eigenvalue weighted by molar-refractivity contribution is 0.377. The maximum Gasteiger partial charge on any atom is 0.240 e. The van der Waals surface area contributed by atoms with Crippen molar-refractivity contribution in [1.29, 1.82) is 0 Å². The standard InChI is InChI=1S/C14H25N3O2S/c1-4-9-17(11-14(2,3)10-15)12-7-5-6-8-13(12)20(16,18)19/h5-8H,4,9-11,15H2,1-3H3,(H2,16,18,19). The van der Waals surface area contributed by atoms with Gasteiger partial charge >= 0.3 is 0 Å². The first kappa shape index (κ1) is 16.9. The number of hydrogen-bond acceptors (Lipinski definition) is 4. The Kier molecular flexibility index (Phi) is 5.56. The number of sulfonamides is 1. The highest BCUT2D eigenvalue weighted by atomic mass is 32.2. The number of benzene rings is 1. The van der Waals surface area contributed by atoms with Crippen molar-refractivity contribution in [3.8, 4) is 0 Å². The Morgan fingerprint density at radius 3 is 2.35 bits per heavy atom. The summed E-state index contributed by atoms with van der Waals surface area (Å²) in [6.07, 6.45) is 0.916. The van der Waals surface area contributed by atoms with E-state index in [0.29, 0.717) is 18.8 Å². The van der Waals surface area contributed by atoms with Gasteiger partial charge in [0.15, 0.2) is 0 Å². The van der Waals surface area contributed by atoms with Gasteiger partial charge in [-0.15, -0.1) is 0 Å². The molecular formula is C14H25N3O2S. The zero-order valence-electron chi connectivity index (χ0n) is 12.5. The first-order chi connectivity index (χ1) is 9.21. The molecular weight excluding hydrogens is 274 g/mol. The molecule has 0 heterocycles.